The second kappa shape index (κ2) is 14.9. The summed E-state index contributed by atoms with van der Waals surface area (Å²) in [5, 5.41) is 47.1. The maximum absolute atomic E-state index is 13.5. The molecule has 51 heavy (non-hydrogen) atoms. The van der Waals surface area contributed by atoms with Gasteiger partial charge in [0.2, 0.25) is 17.1 Å². The highest BCUT2D eigenvalue weighted by atomic mass is 35.5. The van der Waals surface area contributed by atoms with Crippen LogP contribution in [0.15, 0.2) is 28.6 Å². The van der Waals surface area contributed by atoms with E-state index < -0.39 is 63.9 Å². The van der Waals surface area contributed by atoms with Gasteiger partial charge in [-0.1, -0.05) is 16.8 Å². The topological polar surface area (TPSA) is 267 Å². The largest absolute Gasteiger partial charge is 0.504 e. The Morgan fingerprint density at radius 1 is 1.20 bits per heavy atom. The van der Waals surface area contributed by atoms with Gasteiger partial charge in [-0.25, -0.2) is 9.59 Å². The van der Waals surface area contributed by atoms with Crippen LogP contribution in [-0.4, -0.2) is 130 Å². The monoisotopic (exact) mass is 767 g/mol. The van der Waals surface area contributed by atoms with E-state index in [9.17, 15) is 44.4 Å². The van der Waals surface area contributed by atoms with Crippen LogP contribution in [0.1, 0.15) is 49.3 Å². The molecule has 0 aliphatic carbocycles. The molecule has 3 amide bonds. The number of anilines is 1. The van der Waals surface area contributed by atoms with Crippen LogP contribution in [0.4, 0.5) is 5.13 Å². The van der Waals surface area contributed by atoms with Gasteiger partial charge in [-0.2, -0.15) is 9.36 Å². The third kappa shape index (κ3) is 7.82. The summed E-state index contributed by atoms with van der Waals surface area (Å²) >= 11 is 8.07. The number of carbonyl (C=O) groups excluding carboxylic acids is 3. The predicted molar refractivity (Wildman–Crippen MR) is 184 cm³/mol. The van der Waals surface area contributed by atoms with Gasteiger partial charge in [0.05, 0.1) is 30.2 Å². The number of amides is 3. The number of oxime groups is 1. The Balaban J connectivity index is 1.26. The quantitative estimate of drug-likeness (QED) is 0.0352. The number of hydrogen-bond acceptors (Lipinski definition) is 14. The Bertz CT molecular complexity index is 1830. The number of nitrogens with two attached hydrogens (primary N) is 1. The lowest BCUT2D eigenvalue weighted by Gasteiger charge is -2.50. The third-order valence-electron chi connectivity index (χ3n) is 8.76. The fourth-order valence-corrected chi connectivity index (χ4v) is 8.06. The molecule has 0 bridgehead atoms. The van der Waals surface area contributed by atoms with Crippen molar-refractivity contribution in [2.75, 3.05) is 44.2 Å². The maximum Gasteiger partial charge on any atom is 0.352 e. The second-order valence-corrected chi connectivity index (χ2v) is 15.0. The molecule has 2 aromatic rings. The molecule has 1 aromatic heterocycles. The van der Waals surface area contributed by atoms with Gasteiger partial charge in [0, 0.05) is 48.7 Å². The zero-order chi connectivity index (χ0) is 37.2. The molecule has 2 atom stereocenters. The minimum Gasteiger partial charge on any atom is -0.504 e. The fraction of sp³-hybridized carbons (Fsp3) is 0.467. The molecule has 0 saturated carbocycles. The first-order valence-electron chi connectivity index (χ1n) is 15.7. The number of likely N-dealkylation sites (tertiary alicyclic amines) is 1. The van der Waals surface area contributed by atoms with Gasteiger partial charge in [0.25, 0.3) is 17.7 Å². The number of hydrogen-bond donors (Lipinski definition) is 7. The summed E-state index contributed by atoms with van der Waals surface area (Å²) in [5.41, 5.74) is 3.79. The molecule has 274 valence electrons. The highest BCUT2D eigenvalue weighted by Crippen LogP contribution is 2.41. The minimum atomic E-state index is -1.82. The van der Waals surface area contributed by atoms with Crippen LogP contribution >= 0.6 is 34.9 Å². The molecule has 1 aromatic carbocycles. The lowest BCUT2D eigenvalue weighted by Crippen LogP contribution is -2.71. The highest BCUT2D eigenvalue weighted by Gasteiger charge is 2.55. The first-order chi connectivity index (χ1) is 24.0. The van der Waals surface area contributed by atoms with E-state index in [1.54, 1.807) is 0 Å². The lowest BCUT2D eigenvalue weighted by molar-refractivity contribution is -0.912. The molecule has 5 rings (SSSR count). The summed E-state index contributed by atoms with van der Waals surface area (Å²) in [5.74, 6) is -5.74. The molecule has 0 unspecified atom stereocenters. The van der Waals surface area contributed by atoms with Gasteiger partial charge in [-0.15, -0.1) is 11.8 Å². The Labute approximate surface area is 304 Å². The van der Waals surface area contributed by atoms with Crippen molar-refractivity contribution >= 4 is 75.4 Å². The SMILES string of the molecule is CC(C)(O/N=C(\C(=O)N[C@@H]1C(=O)N2C(C(=O)O)=C(C[N+]3(CCCNC(=O)c4ccc(O)c(O)c4Cl)CCCC3)CS[C@H]12)c1nsc(N)n1)C(=O)O. The Morgan fingerprint density at radius 3 is 2.53 bits per heavy atom. The molecule has 2 fully saturated rings. The van der Waals surface area contributed by atoms with E-state index in [1.807, 2.05) is 0 Å². The second-order valence-electron chi connectivity index (χ2n) is 12.7. The van der Waals surface area contributed by atoms with Gasteiger partial charge >= 0.3 is 11.9 Å². The molecule has 21 heteroatoms. The van der Waals surface area contributed by atoms with E-state index in [-0.39, 0.29) is 39.5 Å². The summed E-state index contributed by atoms with van der Waals surface area (Å²) in [6.07, 6.45) is 2.40. The number of nitrogen functional groups attached to an aromatic ring is 1. The van der Waals surface area contributed by atoms with Crippen LogP contribution < -0.4 is 16.4 Å². The van der Waals surface area contributed by atoms with Crippen molar-refractivity contribution in [1.82, 2.24) is 24.9 Å². The number of benzene rings is 1. The first-order valence-corrected chi connectivity index (χ1v) is 17.9. The normalized spacial score (nSPS) is 20.0. The van der Waals surface area contributed by atoms with Crippen LogP contribution in [-0.2, 0) is 24.0 Å². The average molecular weight is 768 g/mol. The molecule has 18 nitrogen and oxygen atoms in total. The van der Waals surface area contributed by atoms with Gasteiger partial charge in [0.15, 0.2) is 16.6 Å². The Hall–Kier alpha value is -4.66. The van der Waals surface area contributed by atoms with Crippen molar-refractivity contribution in [3.05, 3.63) is 39.8 Å². The fourth-order valence-electron chi connectivity index (χ4n) is 6.04. The molecular formula is C30H36ClN8O10S2+. The summed E-state index contributed by atoms with van der Waals surface area (Å²) in [4.78, 5) is 73.8. The number of halogens is 1. The number of aliphatic carboxylic acids is 2. The van der Waals surface area contributed by atoms with E-state index in [1.165, 1.54) is 42.6 Å². The number of thioether (sulfide) groups is 1. The number of aromatic nitrogens is 2. The number of carbonyl (C=O) groups is 5. The summed E-state index contributed by atoms with van der Waals surface area (Å²) in [6.45, 7) is 5.26. The Morgan fingerprint density at radius 2 is 1.90 bits per heavy atom. The summed E-state index contributed by atoms with van der Waals surface area (Å²) in [6, 6.07) is 1.35. The van der Waals surface area contributed by atoms with Gasteiger partial charge in [-0.05, 0) is 26.0 Å². The van der Waals surface area contributed by atoms with Gasteiger partial charge < -0.3 is 46.1 Å². The van der Waals surface area contributed by atoms with E-state index in [0.717, 1.165) is 37.5 Å². The standard InChI is InChI=1S/C30H35ClN8O10S2/c1-30(2,28(47)48)49-36-18(22-35-29(32)51-37-22)24(43)34-19-25(44)38-20(27(45)46)14(13-50-26(19)38)12-39(9-3-4-10-39)11-5-8-33-23(42)15-6-7-16(40)21(41)17(15)31/h6-7,19,26H,3-5,8-13H2,1-2H3,(H7-,32,33,34,35,36,37,40,41,42,43,45,46,47,48)/p+1/t19-,26-/m1/s1. The molecule has 4 heterocycles. The van der Waals surface area contributed by atoms with Gasteiger partial charge in [-0.3, -0.25) is 19.3 Å². The number of nitrogens with one attached hydrogen (secondary N) is 2. The van der Waals surface area contributed by atoms with Crippen molar-refractivity contribution in [2.24, 2.45) is 5.16 Å². The van der Waals surface area contributed by atoms with E-state index in [2.05, 4.69) is 25.1 Å². The molecule has 2 saturated heterocycles. The first kappa shape index (κ1) is 37.6. The van der Waals surface area contributed by atoms with Gasteiger partial charge in [0.1, 0.15) is 23.7 Å². The predicted octanol–water partition coefficient (Wildman–Crippen LogP) is 0.938. The number of fused-ring (bicyclic) bond motifs is 1. The van der Waals surface area contributed by atoms with Crippen LogP contribution in [0.25, 0.3) is 0 Å². The highest BCUT2D eigenvalue weighted by molar-refractivity contribution is 8.00. The summed E-state index contributed by atoms with van der Waals surface area (Å²) in [7, 11) is 0. The van der Waals surface area contributed by atoms with Crippen molar-refractivity contribution in [1.29, 1.82) is 0 Å². The van der Waals surface area contributed by atoms with Crippen molar-refractivity contribution in [2.45, 2.75) is 50.1 Å². The van der Waals surface area contributed by atoms with E-state index in [4.69, 9.17) is 22.2 Å². The number of aromatic hydroxyl groups is 2. The maximum atomic E-state index is 13.5. The number of phenols is 2. The van der Waals surface area contributed by atoms with Crippen LogP contribution in [0.2, 0.25) is 5.02 Å². The number of carboxylic acids is 2. The van der Waals surface area contributed by atoms with Crippen molar-refractivity contribution in [3.8, 4) is 11.5 Å². The van der Waals surface area contributed by atoms with Crippen molar-refractivity contribution < 1.29 is 53.7 Å². The Kier molecular flexibility index (Phi) is 11.0. The summed E-state index contributed by atoms with van der Waals surface area (Å²) < 4.78 is 4.51. The smallest absolute Gasteiger partial charge is 0.352 e. The zero-order valence-electron chi connectivity index (χ0n) is 27.4. The van der Waals surface area contributed by atoms with E-state index in [0.29, 0.717) is 29.6 Å². The average Bonchev–Trinajstić information content (AvgIpc) is 3.73. The molecule has 8 N–H and O–H groups in total. The molecular weight excluding hydrogens is 732 g/mol. The number of phenolic OH excluding ortho intramolecular Hbond substituents is 2. The number of quaternary nitrogens is 1. The molecule has 0 spiro atoms. The molecule has 3 aliphatic rings. The zero-order valence-corrected chi connectivity index (χ0v) is 29.8. The van der Waals surface area contributed by atoms with Crippen LogP contribution in [0, 0.1) is 0 Å². The number of carboxylic acid groups (broad SMARTS) is 2. The van der Waals surface area contributed by atoms with Crippen LogP contribution in [0.3, 0.4) is 0 Å². The van der Waals surface area contributed by atoms with Crippen molar-refractivity contribution in [3.63, 3.8) is 0 Å². The van der Waals surface area contributed by atoms with Crippen LogP contribution in [0.5, 0.6) is 11.5 Å². The lowest BCUT2D eigenvalue weighted by atomic mass is 10.0. The number of rotatable bonds is 14. The number of nitrogens with zero attached hydrogens (tertiary/aromatic N) is 5. The molecule has 0 radical (unpaired) electrons. The number of β-lactam (4-membered cyclic amide) rings is 1. The molecule has 3 aliphatic heterocycles. The third-order valence-corrected chi connectivity index (χ3v) is 11.0. The van der Waals surface area contributed by atoms with E-state index >= 15 is 0 Å². The minimum absolute atomic E-state index is 0.00354.